The molecule has 31 heavy (non-hydrogen) atoms. The molecule has 1 unspecified atom stereocenters. The molecule has 2 aromatic carbocycles. The summed E-state index contributed by atoms with van der Waals surface area (Å²) in [6.07, 6.45) is -0.456. The van der Waals surface area contributed by atoms with Crippen LogP contribution in [0, 0.1) is 11.7 Å². The molecule has 0 spiro atoms. The minimum atomic E-state index is -1.07. The molecular weight excluding hydrogens is 425 g/mol. The van der Waals surface area contributed by atoms with Crippen molar-refractivity contribution < 1.29 is 23.5 Å². The van der Waals surface area contributed by atoms with Crippen LogP contribution >= 0.6 is 11.6 Å². The van der Waals surface area contributed by atoms with Crippen molar-refractivity contribution in [2.45, 2.75) is 39.3 Å². The molecule has 0 fully saturated rings. The summed E-state index contributed by atoms with van der Waals surface area (Å²) in [4.78, 5) is 37.4. The Kier molecular flexibility index (Phi) is 8.81. The van der Waals surface area contributed by atoms with Gasteiger partial charge in [-0.15, -0.1) is 0 Å². The molecule has 2 aromatic rings. The number of ether oxygens (including phenoxy) is 1. The fraction of sp³-hybridized carbons (Fsp3) is 0.318. The van der Waals surface area contributed by atoms with Gasteiger partial charge in [-0.3, -0.25) is 25.2 Å². The minimum absolute atomic E-state index is 0.0795. The third kappa shape index (κ3) is 6.96. The summed E-state index contributed by atoms with van der Waals surface area (Å²) >= 11 is 5.83. The highest BCUT2D eigenvalue weighted by atomic mass is 35.5. The minimum Gasteiger partial charge on any atom is -0.478 e. The fourth-order valence-electron chi connectivity index (χ4n) is 2.61. The molecule has 7 nitrogen and oxygen atoms in total. The molecule has 9 heteroatoms. The van der Waals surface area contributed by atoms with E-state index in [1.54, 1.807) is 37.3 Å². The van der Waals surface area contributed by atoms with Gasteiger partial charge in [0.1, 0.15) is 6.04 Å². The van der Waals surface area contributed by atoms with Crippen molar-refractivity contribution in [1.82, 2.24) is 16.2 Å². The topological polar surface area (TPSA) is 96.5 Å². The molecule has 3 amide bonds. The van der Waals surface area contributed by atoms with Crippen LogP contribution in [-0.4, -0.2) is 29.9 Å². The number of para-hydroxylation sites is 1. The second-order valence-electron chi connectivity index (χ2n) is 7.01. The van der Waals surface area contributed by atoms with Crippen molar-refractivity contribution in [3.63, 3.8) is 0 Å². The quantitative estimate of drug-likeness (QED) is 0.539. The maximum Gasteiger partial charge on any atom is 0.279 e. The van der Waals surface area contributed by atoms with E-state index in [2.05, 4.69) is 16.2 Å². The van der Waals surface area contributed by atoms with Gasteiger partial charge >= 0.3 is 0 Å². The number of hydrogen-bond acceptors (Lipinski definition) is 4. The van der Waals surface area contributed by atoms with E-state index in [0.29, 0.717) is 17.0 Å². The Balaban J connectivity index is 1.96. The van der Waals surface area contributed by atoms with Crippen LogP contribution in [-0.2, 0) is 9.59 Å². The highest BCUT2D eigenvalue weighted by Crippen LogP contribution is 2.17. The van der Waals surface area contributed by atoms with Gasteiger partial charge in [0.2, 0.25) is 0 Å². The van der Waals surface area contributed by atoms with Gasteiger partial charge in [-0.25, -0.2) is 4.39 Å². The van der Waals surface area contributed by atoms with Gasteiger partial charge in [0.15, 0.2) is 17.7 Å². The van der Waals surface area contributed by atoms with Crippen LogP contribution in [0.25, 0.3) is 0 Å². The van der Waals surface area contributed by atoms with Crippen LogP contribution in [0.15, 0.2) is 48.5 Å². The summed E-state index contributed by atoms with van der Waals surface area (Å²) in [7, 11) is 0. The van der Waals surface area contributed by atoms with E-state index in [1.165, 1.54) is 25.1 Å². The highest BCUT2D eigenvalue weighted by Gasteiger charge is 2.27. The lowest BCUT2D eigenvalue weighted by Crippen LogP contribution is -2.56. The molecule has 0 saturated carbocycles. The summed E-state index contributed by atoms with van der Waals surface area (Å²) in [6.45, 7) is 5.10. The lowest BCUT2D eigenvalue weighted by molar-refractivity contribution is -0.133. The SMILES string of the molecule is CC[C@H](C)[C@H](NC(=O)c1ccc(Cl)cc1)C(=O)NNC(=O)C(C)Oc1ccccc1F. The largest absolute Gasteiger partial charge is 0.478 e. The van der Waals surface area contributed by atoms with Crippen molar-refractivity contribution in [3.05, 3.63) is 64.9 Å². The number of amides is 3. The van der Waals surface area contributed by atoms with Crippen molar-refractivity contribution in [2.75, 3.05) is 0 Å². The Hall–Kier alpha value is -3.13. The standard InChI is InChI=1S/C22H25ClFN3O4/c1-4-13(2)19(25-21(29)15-9-11-16(23)12-10-15)22(30)27-26-20(28)14(3)31-18-8-6-5-7-17(18)24/h5-14,19H,4H2,1-3H3,(H,25,29)(H,26,28)(H,27,30)/t13-,14?,19-/m0/s1. The molecule has 3 atom stereocenters. The zero-order valence-corrected chi connectivity index (χ0v) is 18.2. The molecule has 0 heterocycles. The first-order valence-electron chi connectivity index (χ1n) is 9.80. The third-order valence-corrected chi connectivity index (χ3v) is 4.96. The molecule has 166 valence electrons. The Morgan fingerprint density at radius 3 is 2.23 bits per heavy atom. The summed E-state index contributed by atoms with van der Waals surface area (Å²) < 4.78 is 19.0. The molecule has 0 aliphatic heterocycles. The molecule has 0 bridgehead atoms. The smallest absolute Gasteiger partial charge is 0.279 e. The van der Waals surface area contributed by atoms with Gasteiger partial charge in [0.05, 0.1) is 0 Å². The van der Waals surface area contributed by atoms with Crippen LogP contribution in [0.2, 0.25) is 5.02 Å². The first-order chi connectivity index (χ1) is 14.7. The number of hydrogen-bond donors (Lipinski definition) is 3. The Labute approximate surface area is 185 Å². The van der Waals surface area contributed by atoms with Gasteiger partial charge in [-0.1, -0.05) is 44.0 Å². The Morgan fingerprint density at radius 1 is 1.00 bits per heavy atom. The molecule has 0 aliphatic carbocycles. The first kappa shape index (κ1) is 24.1. The van der Waals surface area contributed by atoms with E-state index in [-0.39, 0.29) is 11.7 Å². The van der Waals surface area contributed by atoms with Crippen molar-refractivity contribution >= 4 is 29.3 Å². The molecule has 0 aliphatic rings. The van der Waals surface area contributed by atoms with Gasteiger partial charge < -0.3 is 10.1 Å². The number of rotatable bonds is 8. The summed E-state index contributed by atoms with van der Waals surface area (Å²) in [5.74, 6) is -2.61. The van der Waals surface area contributed by atoms with Crippen molar-refractivity contribution in [1.29, 1.82) is 0 Å². The molecule has 0 radical (unpaired) electrons. The summed E-state index contributed by atoms with van der Waals surface area (Å²) in [5.41, 5.74) is 4.89. The zero-order chi connectivity index (χ0) is 23.0. The maximum absolute atomic E-state index is 13.7. The highest BCUT2D eigenvalue weighted by molar-refractivity contribution is 6.30. The lowest BCUT2D eigenvalue weighted by Gasteiger charge is -2.24. The normalized spacial score (nSPS) is 13.5. The van der Waals surface area contributed by atoms with E-state index >= 15 is 0 Å². The zero-order valence-electron chi connectivity index (χ0n) is 17.4. The molecule has 0 aromatic heterocycles. The van der Waals surface area contributed by atoms with Gasteiger partial charge in [-0.05, 0) is 49.2 Å². The van der Waals surface area contributed by atoms with Gasteiger partial charge in [0.25, 0.3) is 17.7 Å². The number of nitrogens with one attached hydrogen (secondary N) is 3. The second-order valence-corrected chi connectivity index (χ2v) is 7.45. The summed E-state index contributed by atoms with van der Waals surface area (Å²) in [6, 6.07) is 11.0. The first-order valence-corrected chi connectivity index (χ1v) is 10.2. The van der Waals surface area contributed by atoms with E-state index in [0.717, 1.165) is 0 Å². The number of benzene rings is 2. The predicted octanol–water partition coefficient (Wildman–Crippen LogP) is 3.24. The average molecular weight is 450 g/mol. The molecule has 3 N–H and O–H groups in total. The number of hydrazine groups is 1. The van der Waals surface area contributed by atoms with E-state index < -0.39 is 35.7 Å². The van der Waals surface area contributed by atoms with Crippen LogP contribution in [0.3, 0.4) is 0 Å². The van der Waals surface area contributed by atoms with Crippen LogP contribution < -0.4 is 20.9 Å². The Bertz CT molecular complexity index is 923. The van der Waals surface area contributed by atoms with Gasteiger partial charge in [-0.2, -0.15) is 0 Å². The number of halogens is 2. The maximum atomic E-state index is 13.7. The van der Waals surface area contributed by atoms with E-state index in [1.807, 2.05) is 6.92 Å². The van der Waals surface area contributed by atoms with Crippen LogP contribution in [0.5, 0.6) is 5.75 Å². The number of carbonyl (C=O) groups excluding carboxylic acids is 3. The molecule has 2 rings (SSSR count). The van der Waals surface area contributed by atoms with E-state index in [4.69, 9.17) is 16.3 Å². The summed E-state index contributed by atoms with van der Waals surface area (Å²) in [5, 5.41) is 3.17. The Morgan fingerprint density at radius 2 is 1.61 bits per heavy atom. The second kappa shape index (κ2) is 11.3. The number of carbonyl (C=O) groups is 3. The van der Waals surface area contributed by atoms with Crippen LogP contribution in [0.1, 0.15) is 37.6 Å². The van der Waals surface area contributed by atoms with Crippen molar-refractivity contribution in [3.8, 4) is 5.75 Å². The van der Waals surface area contributed by atoms with Gasteiger partial charge in [0, 0.05) is 10.6 Å². The molecule has 0 saturated heterocycles. The van der Waals surface area contributed by atoms with E-state index in [9.17, 15) is 18.8 Å². The van der Waals surface area contributed by atoms with Crippen LogP contribution in [0.4, 0.5) is 4.39 Å². The monoisotopic (exact) mass is 449 g/mol. The fourth-order valence-corrected chi connectivity index (χ4v) is 2.74. The third-order valence-electron chi connectivity index (χ3n) is 4.71. The van der Waals surface area contributed by atoms with Crippen molar-refractivity contribution in [2.24, 2.45) is 5.92 Å². The average Bonchev–Trinajstić information content (AvgIpc) is 2.76. The lowest BCUT2D eigenvalue weighted by atomic mass is 9.98. The molecular formula is C22H25ClFN3O4. The predicted molar refractivity (Wildman–Crippen MR) is 115 cm³/mol.